The van der Waals surface area contributed by atoms with Gasteiger partial charge in [0.25, 0.3) is 0 Å². The molecule has 0 saturated carbocycles. The summed E-state index contributed by atoms with van der Waals surface area (Å²) in [7, 11) is -1.79. The van der Waals surface area contributed by atoms with Crippen molar-refractivity contribution in [1.82, 2.24) is 4.31 Å². The molecule has 1 aromatic heterocycles. The monoisotopic (exact) mass is 309 g/mol. The molecular formula is C12H20ClNO2S2. The molecule has 1 atom stereocenters. The molecule has 18 heavy (non-hydrogen) atoms. The number of nitrogens with zero attached hydrogens (tertiary/aromatic N) is 1. The number of rotatable bonds is 6. The summed E-state index contributed by atoms with van der Waals surface area (Å²) in [6, 6.07) is 1.62. The minimum Gasteiger partial charge on any atom is -0.207 e. The van der Waals surface area contributed by atoms with Crippen molar-refractivity contribution in [2.24, 2.45) is 5.92 Å². The molecule has 1 rings (SSSR count). The van der Waals surface area contributed by atoms with Crippen molar-refractivity contribution in [1.29, 1.82) is 0 Å². The van der Waals surface area contributed by atoms with Crippen molar-refractivity contribution in [2.45, 2.75) is 44.0 Å². The molecule has 0 aliphatic rings. The Morgan fingerprint density at radius 3 is 2.50 bits per heavy atom. The van der Waals surface area contributed by atoms with Gasteiger partial charge in [0, 0.05) is 18.0 Å². The molecule has 0 spiro atoms. The Morgan fingerprint density at radius 2 is 2.00 bits per heavy atom. The van der Waals surface area contributed by atoms with Gasteiger partial charge >= 0.3 is 0 Å². The van der Waals surface area contributed by atoms with Crippen LogP contribution < -0.4 is 0 Å². The van der Waals surface area contributed by atoms with Crippen LogP contribution in [-0.4, -0.2) is 25.8 Å². The summed E-state index contributed by atoms with van der Waals surface area (Å²) in [6.45, 7) is 6.11. The quantitative estimate of drug-likeness (QED) is 0.754. The predicted molar refractivity (Wildman–Crippen MR) is 77.7 cm³/mol. The number of hydrogen-bond acceptors (Lipinski definition) is 3. The van der Waals surface area contributed by atoms with E-state index in [9.17, 15) is 8.42 Å². The summed E-state index contributed by atoms with van der Waals surface area (Å²) in [6.07, 6.45) is 0.843. The first-order valence-electron chi connectivity index (χ1n) is 5.91. The van der Waals surface area contributed by atoms with Gasteiger partial charge in [-0.15, -0.1) is 22.9 Å². The van der Waals surface area contributed by atoms with Gasteiger partial charge in [0.2, 0.25) is 10.0 Å². The van der Waals surface area contributed by atoms with Gasteiger partial charge in [0.15, 0.2) is 0 Å². The minimum absolute atomic E-state index is 0.0157. The summed E-state index contributed by atoms with van der Waals surface area (Å²) in [5.74, 6) is 0.700. The molecule has 0 aliphatic heterocycles. The van der Waals surface area contributed by atoms with E-state index >= 15 is 0 Å². The van der Waals surface area contributed by atoms with E-state index in [0.29, 0.717) is 15.7 Å². The number of halogens is 1. The van der Waals surface area contributed by atoms with E-state index in [1.165, 1.54) is 15.6 Å². The zero-order valence-electron chi connectivity index (χ0n) is 11.2. The lowest BCUT2D eigenvalue weighted by molar-refractivity contribution is 0.338. The zero-order valence-corrected chi connectivity index (χ0v) is 13.6. The van der Waals surface area contributed by atoms with Crippen LogP contribution in [0.2, 0.25) is 0 Å². The van der Waals surface area contributed by atoms with Gasteiger partial charge in [0.1, 0.15) is 0 Å². The molecule has 0 amide bonds. The lowest BCUT2D eigenvalue weighted by Gasteiger charge is -2.25. The molecule has 6 heteroatoms. The lowest BCUT2D eigenvalue weighted by Crippen LogP contribution is -2.36. The fourth-order valence-corrected chi connectivity index (χ4v) is 4.92. The van der Waals surface area contributed by atoms with Gasteiger partial charge in [-0.05, 0) is 30.7 Å². The second-order valence-corrected chi connectivity index (χ2v) is 8.08. The van der Waals surface area contributed by atoms with E-state index in [-0.39, 0.29) is 11.9 Å². The zero-order chi connectivity index (χ0) is 13.9. The fraction of sp³-hybridized carbons (Fsp3) is 0.667. The van der Waals surface area contributed by atoms with Crippen molar-refractivity contribution in [2.75, 3.05) is 7.05 Å². The summed E-state index contributed by atoms with van der Waals surface area (Å²) >= 11 is 7.16. The lowest BCUT2D eigenvalue weighted by atomic mass is 10.1. The Bertz CT molecular complexity index is 482. The van der Waals surface area contributed by atoms with E-state index in [2.05, 4.69) is 13.8 Å². The molecular weight excluding hydrogens is 290 g/mol. The third-order valence-corrected chi connectivity index (χ3v) is 6.45. The summed E-state index contributed by atoms with van der Waals surface area (Å²) in [4.78, 5) is 1.06. The number of sulfonamides is 1. The molecule has 0 aromatic carbocycles. The first kappa shape index (κ1) is 16.0. The maximum Gasteiger partial charge on any atom is 0.244 e. The van der Waals surface area contributed by atoms with E-state index in [1.54, 1.807) is 18.5 Å². The van der Waals surface area contributed by atoms with Gasteiger partial charge in [-0.1, -0.05) is 13.8 Å². The predicted octanol–water partition coefficient (Wildman–Crippen LogP) is 3.54. The van der Waals surface area contributed by atoms with Crippen molar-refractivity contribution in [3.05, 3.63) is 16.3 Å². The summed E-state index contributed by atoms with van der Waals surface area (Å²) in [5.41, 5.74) is 0. The molecule has 0 bridgehead atoms. The van der Waals surface area contributed by atoms with Crippen LogP contribution in [0.25, 0.3) is 0 Å². The first-order valence-corrected chi connectivity index (χ1v) is 8.76. The maximum atomic E-state index is 12.5. The summed E-state index contributed by atoms with van der Waals surface area (Å²) in [5, 5.41) is 1.77. The van der Waals surface area contributed by atoms with Gasteiger partial charge in [-0.2, -0.15) is 4.31 Å². The Kier molecular flexibility index (Phi) is 5.65. The Balaban J connectivity index is 3.00. The SMILES string of the molecule is CC(C)CC(C)N(C)S(=O)(=O)c1ccsc1CCl. The summed E-state index contributed by atoms with van der Waals surface area (Å²) < 4.78 is 26.4. The standard InChI is InChI=1S/C12H20ClNO2S2/c1-9(2)7-10(3)14(4)18(15,16)12-5-6-17-11(12)8-13/h5-6,9-10H,7-8H2,1-4H3. The molecule has 1 heterocycles. The van der Waals surface area contributed by atoms with E-state index in [0.717, 1.165) is 6.42 Å². The van der Waals surface area contributed by atoms with Crippen LogP contribution in [0.1, 0.15) is 32.1 Å². The number of hydrogen-bond donors (Lipinski definition) is 0. The second kappa shape index (κ2) is 6.37. The number of thiophene rings is 1. The van der Waals surface area contributed by atoms with Crippen molar-refractivity contribution >= 4 is 33.0 Å². The average molecular weight is 310 g/mol. The number of alkyl halides is 1. The third kappa shape index (κ3) is 3.47. The molecule has 0 N–H and O–H groups in total. The van der Waals surface area contributed by atoms with Crippen molar-refractivity contribution in [3.8, 4) is 0 Å². The van der Waals surface area contributed by atoms with E-state index in [1.807, 2.05) is 6.92 Å². The molecule has 0 saturated heterocycles. The van der Waals surface area contributed by atoms with Crippen LogP contribution in [0.3, 0.4) is 0 Å². The molecule has 3 nitrogen and oxygen atoms in total. The normalized spacial score (nSPS) is 14.4. The van der Waals surface area contributed by atoms with Crippen LogP contribution >= 0.6 is 22.9 Å². The Morgan fingerprint density at radius 1 is 1.39 bits per heavy atom. The van der Waals surface area contributed by atoms with E-state index in [4.69, 9.17) is 11.6 Å². The van der Waals surface area contributed by atoms with Crippen LogP contribution in [-0.2, 0) is 15.9 Å². The van der Waals surface area contributed by atoms with Gasteiger partial charge in [-0.3, -0.25) is 0 Å². The molecule has 1 aromatic rings. The third-order valence-electron chi connectivity index (χ3n) is 2.92. The Hall–Kier alpha value is -0.100. The first-order chi connectivity index (χ1) is 8.30. The average Bonchev–Trinajstić information content (AvgIpc) is 2.75. The van der Waals surface area contributed by atoms with Crippen LogP contribution in [0.5, 0.6) is 0 Å². The Labute approximate surface area is 119 Å². The van der Waals surface area contributed by atoms with E-state index < -0.39 is 10.0 Å². The van der Waals surface area contributed by atoms with Gasteiger partial charge in [-0.25, -0.2) is 8.42 Å². The molecule has 1 unspecified atom stereocenters. The fourth-order valence-electron chi connectivity index (χ4n) is 1.88. The van der Waals surface area contributed by atoms with Crippen molar-refractivity contribution in [3.63, 3.8) is 0 Å². The van der Waals surface area contributed by atoms with Crippen LogP contribution in [0.15, 0.2) is 16.3 Å². The van der Waals surface area contributed by atoms with Crippen LogP contribution in [0.4, 0.5) is 0 Å². The largest absolute Gasteiger partial charge is 0.244 e. The smallest absolute Gasteiger partial charge is 0.207 e. The van der Waals surface area contributed by atoms with Crippen LogP contribution in [0, 0.1) is 5.92 Å². The molecule has 0 aliphatic carbocycles. The maximum absolute atomic E-state index is 12.5. The van der Waals surface area contributed by atoms with Gasteiger partial charge in [0.05, 0.1) is 10.8 Å². The second-order valence-electron chi connectivity index (χ2n) is 4.84. The molecule has 0 radical (unpaired) electrons. The minimum atomic E-state index is -3.42. The highest BCUT2D eigenvalue weighted by Crippen LogP contribution is 2.27. The highest BCUT2D eigenvalue weighted by molar-refractivity contribution is 7.89. The highest BCUT2D eigenvalue weighted by Gasteiger charge is 2.28. The molecule has 0 fully saturated rings. The topological polar surface area (TPSA) is 37.4 Å². The van der Waals surface area contributed by atoms with Gasteiger partial charge < -0.3 is 0 Å². The highest BCUT2D eigenvalue weighted by atomic mass is 35.5. The van der Waals surface area contributed by atoms with Crippen molar-refractivity contribution < 1.29 is 8.42 Å². The molecule has 104 valence electrons.